The predicted molar refractivity (Wildman–Crippen MR) is 70.8 cm³/mol. The van der Waals surface area contributed by atoms with Gasteiger partial charge in [-0.05, 0) is 49.0 Å². The number of thioether (sulfide) groups is 1. The van der Waals surface area contributed by atoms with Crippen LogP contribution in [0, 0.1) is 0 Å². The topological polar surface area (TPSA) is 43.4 Å². The van der Waals surface area contributed by atoms with E-state index in [0.29, 0.717) is 6.61 Å². The molecule has 0 spiro atoms. The molecule has 0 heterocycles. The molecule has 0 fully saturated rings. The lowest BCUT2D eigenvalue weighted by Crippen LogP contribution is -1.99. The Bertz CT molecular complexity index is 426. The van der Waals surface area contributed by atoms with Crippen molar-refractivity contribution in [1.29, 1.82) is 0 Å². The maximum Gasteiger partial charge on any atom is 0.330 e. The first-order chi connectivity index (χ1) is 8.11. The second-order valence-corrected chi connectivity index (χ2v) is 4.95. The summed E-state index contributed by atoms with van der Waals surface area (Å²) >= 11 is 4.37. The fourth-order valence-electron chi connectivity index (χ4n) is 0.979. The summed E-state index contributed by atoms with van der Waals surface area (Å²) in [5, 5.41) is -0.208. The summed E-state index contributed by atoms with van der Waals surface area (Å²) in [6, 6.07) is 7.35. The van der Waals surface area contributed by atoms with Crippen LogP contribution in [0.1, 0.15) is 6.92 Å². The molecule has 0 radical (unpaired) electrons. The quantitative estimate of drug-likeness (QED) is 0.486. The summed E-state index contributed by atoms with van der Waals surface area (Å²) in [5.74, 6) is -0.503. The predicted octanol–water partition coefficient (Wildman–Crippen LogP) is 3.19. The number of halogens is 1. The van der Waals surface area contributed by atoms with Crippen LogP contribution >= 0.6 is 27.7 Å². The van der Waals surface area contributed by atoms with E-state index in [9.17, 15) is 9.59 Å². The highest BCUT2D eigenvalue weighted by Crippen LogP contribution is 2.21. The normalized spacial score (nSPS) is 10.5. The van der Waals surface area contributed by atoms with Gasteiger partial charge in [0, 0.05) is 15.4 Å². The van der Waals surface area contributed by atoms with Gasteiger partial charge in [-0.1, -0.05) is 15.9 Å². The lowest BCUT2D eigenvalue weighted by Gasteiger charge is -1.97. The number of hydrogen-bond donors (Lipinski definition) is 0. The SMILES string of the molecule is CCOC(=O)/C=C/C(=O)Sc1ccc(Br)cc1. The first-order valence-corrected chi connectivity index (χ1v) is 6.55. The van der Waals surface area contributed by atoms with Crippen LogP contribution in [-0.2, 0) is 14.3 Å². The van der Waals surface area contributed by atoms with E-state index < -0.39 is 5.97 Å². The van der Waals surface area contributed by atoms with Gasteiger partial charge < -0.3 is 4.74 Å². The Morgan fingerprint density at radius 3 is 2.53 bits per heavy atom. The molecular formula is C12H11BrO3S. The molecule has 0 unspecified atom stereocenters. The van der Waals surface area contributed by atoms with Crippen molar-refractivity contribution in [3.05, 3.63) is 40.9 Å². The summed E-state index contributed by atoms with van der Waals surface area (Å²) in [7, 11) is 0. The molecule has 0 saturated carbocycles. The van der Waals surface area contributed by atoms with E-state index in [0.717, 1.165) is 27.2 Å². The van der Waals surface area contributed by atoms with Crippen LogP contribution in [0.25, 0.3) is 0 Å². The largest absolute Gasteiger partial charge is 0.463 e. The average Bonchev–Trinajstić information content (AvgIpc) is 2.30. The first kappa shape index (κ1) is 14.0. The number of esters is 1. The van der Waals surface area contributed by atoms with Gasteiger partial charge in [0.05, 0.1) is 6.61 Å². The zero-order chi connectivity index (χ0) is 12.7. The molecule has 0 aliphatic rings. The van der Waals surface area contributed by atoms with Gasteiger partial charge in [-0.15, -0.1) is 0 Å². The minimum atomic E-state index is -0.503. The maximum atomic E-state index is 11.5. The molecule has 0 bridgehead atoms. The lowest BCUT2D eigenvalue weighted by molar-refractivity contribution is -0.137. The third kappa shape index (κ3) is 5.70. The van der Waals surface area contributed by atoms with E-state index in [-0.39, 0.29) is 5.12 Å². The van der Waals surface area contributed by atoms with Gasteiger partial charge in [-0.2, -0.15) is 0 Å². The molecule has 0 aliphatic carbocycles. The summed E-state index contributed by atoms with van der Waals surface area (Å²) < 4.78 is 5.62. The molecule has 90 valence electrons. The summed E-state index contributed by atoms with van der Waals surface area (Å²) in [4.78, 5) is 23.3. The van der Waals surface area contributed by atoms with Crippen molar-refractivity contribution in [3.8, 4) is 0 Å². The van der Waals surface area contributed by atoms with E-state index >= 15 is 0 Å². The number of carbonyl (C=O) groups is 2. The number of hydrogen-bond acceptors (Lipinski definition) is 4. The van der Waals surface area contributed by atoms with Crippen LogP contribution < -0.4 is 0 Å². The number of rotatable bonds is 4. The molecule has 0 aromatic heterocycles. The van der Waals surface area contributed by atoms with Gasteiger partial charge in [0.2, 0.25) is 5.12 Å². The van der Waals surface area contributed by atoms with Gasteiger partial charge in [0.25, 0.3) is 0 Å². The lowest BCUT2D eigenvalue weighted by atomic mass is 10.4. The highest BCUT2D eigenvalue weighted by molar-refractivity contribution is 9.10. The van der Waals surface area contributed by atoms with Crippen LogP contribution in [0.4, 0.5) is 0 Å². The van der Waals surface area contributed by atoms with E-state index in [1.54, 1.807) is 6.92 Å². The Kier molecular flexibility index (Phi) is 6.00. The molecule has 1 rings (SSSR count). The standard InChI is InChI=1S/C12H11BrO3S/c1-2-16-11(14)7-8-12(15)17-10-5-3-9(13)4-6-10/h3-8H,2H2,1H3/b8-7+. The minimum absolute atomic E-state index is 0.208. The number of ether oxygens (including phenoxy) is 1. The molecule has 0 aliphatic heterocycles. The third-order valence-corrected chi connectivity index (χ3v) is 3.05. The summed E-state index contributed by atoms with van der Waals surface area (Å²) in [5.41, 5.74) is 0. The van der Waals surface area contributed by atoms with Gasteiger partial charge >= 0.3 is 5.97 Å². The number of benzene rings is 1. The molecule has 1 aromatic carbocycles. The molecule has 0 saturated heterocycles. The molecule has 3 nitrogen and oxygen atoms in total. The third-order valence-electron chi connectivity index (χ3n) is 1.67. The van der Waals surface area contributed by atoms with Crippen molar-refractivity contribution in [1.82, 2.24) is 0 Å². The monoisotopic (exact) mass is 314 g/mol. The van der Waals surface area contributed by atoms with Crippen molar-refractivity contribution in [2.24, 2.45) is 0 Å². The second-order valence-electron chi connectivity index (χ2n) is 2.96. The van der Waals surface area contributed by atoms with Crippen molar-refractivity contribution >= 4 is 38.8 Å². The van der Waals surface area contributed by atoms with Crippen molar-refractivity contribution in [2.75, 3.05) is 6.61 Å². The van der Waals surface area contributed by atoms with Gasteiger partial charge in [-0.3, -0.25) is 4.79 Å². The van der Waals surface area contributed by atoms with Crippen LogP contribution in [0.3, 0.4) is 0 Å². The van der Waals surface area contributed by atoms with Crippen molar-refractivity contribution in [3.63, 3.8) is 0 Å². The highest BCUT2D eigenvalue weighted by Gasteiger charge is 2.02. The van der Waals surface area contributed by atoms with Crippen LogP contribution in [-0.4, -0.2) is 17.7 Å². The Labute approximate surface area is 112 Å². The Morgan fingerprint density at radius 2 is 1.94 bits per heavy atom. The van der Waals surface area contributed by atoms with Gasteiger partial charge in [-0.25, -0.2) is 4.79 Å². The fourth-order valence-corrected chi connectivity index (χ4v) is 1.88. The van der Waals surface area contributed by atoms with Gasteiger partial charge in [0.1, 0.15) is 0 Å². The Morgan fingerprint density at radius 1 is 1.29 bits per heavy atom. The smallest absolute Gasteiger partial charge is 0.330 e. The van der Waals surface area contributed by atoms with Crippen molar-refractivity contribution < 1.29 is 14.3 Å². The summed E-state index contributed by atoms with van der Waals surface area (Å²) in [6.07, 6.45) is 2.35. The van der Waals surface area contributed by atoms with Crippen LogP contribution in [0.2, 0.25) is 0 Å². The Balaban J connectivity index is 2.49. The molecule has 0 N–H and O–H groups in total. The van der Waals surface area contributed by atoms with Crippen LogP contribution in [0.15, 0.2) is 45.8 Å². The average molecular weight is 315 g/mol. The van der Waals surface area contributed by atoms with E-state index in [2.05, 4.69) is 20.7 Å². The zero-order valence-corrected chi connectivity index (χ0v) is 11.6. The number of carbonyl (C=O) groups excluding carboxylic acids is 2. The molecular weight excluding hydrogens is 304 g/mol. The van der Waals surface area contributed by atoms with E-state index in [1.165, 1.54) is 6.08 Å². The zero-order valence-electron chi connectivity index (χ0n) is 9.18. The van der Waals surface area contributed by atoms with E-state index in [1.807, 2.05) is 24.3 Å². The van der Waals surface area contributed by atoms with E-state index in [4.69, 9.17) is 0 Å². The first-order valence-electron chi connectivity index (χ1n) is 4.94. The Hall–Kier alpha value is -1.07. The molecule has 1 aromatic rings. The maximum absolute atomic E-state index is 11.5. The van der Waals surface area contributed by atoms with Gasteiger partial charge in [0.15, 0.2) is 0 Å². The van der Waals surface area contributed by atoms with Crippen molar-refractivity contribution in [2.45, 2.75) is 11.8 Å². The fraction of sp³-hybridized carbons (Fsp3) is 0.167. The van der Waals surface area contributed by atoms with Crippen LogP contribution in [0.5, 0.6) is 0 Å². The highest BCUT2D eigenvalue weighted by atomic mass is 79.9. The molecule has 0 atom stereocenters. The minimum Gasteiger partial charge on any atom is -0.463 e. The molecule has 5 heteroatoms. The molecule has 0 amide bonds. The molecule has 17 heavy (non-hydrogen) atoms. The second kappa shape index (κ2) is 7.29. The summed E-state index contributed by atoms with van der Waals surface area (Å²) in [6.45, 7) is 2.02.